The van der Waals surface area contributed by atoms with E-state index in [4.69, 9.17) is 0 Å². The number of hydrogen-bond acceptors (Lipinski definition) is 3. The van der Waals surface area contributed by atoms with Gasteiger partial charge in [-0.2, -0.15) is 0 Å². The first-order valence-electron chi connectivity index (χ1n) is 17.9. The SMILES string of the molecule is CC(=O)[C@@H](CC(C#CC=C(c1ccc(F)cc1)c1ccc(F)cc1)(c1ccc(F)cc1)c1ccc(F)cc1)[C@H](NS(=O)(=O)c1ccc(C)cc1)c1ccc(Br)cc1. The van der Waals surface area contributed by atoms with Crippen molar-refractivity contribution in [2.24, 2.45) is 5.92 Å². The van der Waals surface area contributed by atoms with Crippen molar-refractivity contribution in [3.8, 4) is 11.8 Å². The predicted molar refractivity (Wildman–Crippen MR) is 218 cm³/mol. The van der Waals surface area contributed by atoms with Crippen LogP contribution >= 0.6 is 15.9 Å². The largest absolute Gasteiger partial charge is 0.300 e. The number of rotatable bonds is 12. The number of hydrogen-bond donors (Lipinski definition) is 1. The molecule has 6 aromatic carbocycles. The first-order chi connectivity index (χ1) is 27.2. The molecule has 0 unspecified atom stereocenters. The lowest BCUT2D eigenvalue weighted by atomic mass is 9.67. The molecule has 0 bridgehead atoms. The summed E-state index contributed by atoms with van der Waals surface area (Å²) in [4.78, 5) is 14.1. The van der Waals surface area contributed by atoms with Crippen molar-refractivity contribution >= 4 is 37.3 Å². The Morgan fingerprint density at radius 2 is 1.12 bits per heavy atom. The third-order valence-electron chi connectivity index (χ3n) is 9.78. The van der Waals surface area contributed by atoms with E-state index >= 15 is 0 Å². The Kier molecular flexibility index (Phi) is 12.7. The standard InChI is InChI=1S/C47H36BrF4NO3S/c1-31-5-27-43(28-6-31)57(55,56)53-46(35-7-17-38(48)18-8-35)45(32(2)54)30-47(36-13-23-41(51)24-14-36,37-15-25-42(52)26-16-37)29-3-4-44(33-9-19-39(49)20-10-33)34-11-21-40(50)22-12-34/h4-28,45-46,53H,30H2,1-2H3/t45-,46-/m1/s1. The highest BCUT2D eigenvalue weighted by molar-refractivity contribution is 9.10. The molecule has 0 aliphatic rings. The van der Waals surface area contributed by atoms with Crippen molar-refractivity contribution < 1.29 is 30.8 Å². The number of carbonyl (C=O) groups is 1. The average Bonchev–Trinajstić information content (AvgIpc) is 3.19. The number of allylic oxidation sites excluding steroid dienone is 1. The van der Waals surface area contributed by atoms with E-state index in [-0.39, 0.29) is 17.1 Å². The highest BCUT2D eigenvalue weighted by Gasteiger charge is 2.41. The van der Waals surface area contributed by atoms with E-state index in [0.29, 0.717) is 33.4 Å². The van der Waals surface area contributed by atoms with Gasteiger partial charge in [0, 0.05) is 10.4 Å². The maximum Gasteiger partial charge on any atom is 0.241 e. The summed E-state index contributed by atoms with van der Waals surface area (Å²) in [6, 6.07) is 34.6. The van der Waals surface area contributed by atoms with Crippen LogP contribution in [0.3, 0.4) is 0 Å². The van der Waals surface area contributed by atoms with E-state index in [1.165, 1.54) is 91.9 Å². The van der Waals surface area contributed by atoms with Crippen molar-refractivity contribution in [2.45, 2.75) is 36.6 Å². The summed E-state index contributed by atoms with van der Waals surface area (Å²) >= 11 is 3.44. The number of halogens is 5. The van der Waals surface area contributed by atoms with Gasteiger partial charge in [0.25, 0.3) is 0 Å². The van der Waals surface area contributed by atoms with Crippen molar-refractivity contribution in [1.82, 2.24) is 4.72 Å². The fraction of sp³-hybridized carbons (Fsp3) is 0.128. The minimum Gasteiger partial charge on any atom is -0.300 e. The molecule has 0 heterocycles. The van der Waals surface area contributed by atoms with Gasteiger partial charge in [0.2, 0.25) is 10.0 Å². The Morgan fingerprint density at radius 1 is 0.684 bits per heavy atom. The van der Waals surface area contributed by atoms with E-state index in [2.05, 4.69) is 32.5 Å². The molecule has 288 valence electrons. The lowest BCUT2D eigenvalue weighted by Gasteiger charge is -2.36. The first-order valence-corrected chi connectivity index (χ1v) is 20.1. The van der Waals surface area contributed by atoms with Gasteiger partial charge in [-0.25, -0.2) is 30.7 Å². The molecule has 6 rings (SSSR count). The minimum atomic E-state index is -4.22. The number of carbonyl (C=O) groups excluding carboxylic acids is 1. The Labute approximate surface area is 338 Å². The number of sulfonamides is 1. The van der Waals surface area contributed by atoms with Gasteiger partial charge in [-0.3, -0.25) is 4.79 Å². The summed E-state index contributed by atoms with van der Waals surface area (Å²) in [5.41, 5.74) is 2.43. The lowest BCUT2D eigenvalue weighted by Crippen LogP contribution is -2.40. The Balaban J connectivity index is 1.59. The monoisotopic (exact) mass is 849 g/mol. The van der Waals surface area contributed by atoms with Gasteiger partial charge in [0.1, 0.15) is 29.1 Å². The molecular weight excluding hydrogens is 814 g/mol. The molecule has 6 aromatic rings. The molecule has 0 fully saturated rings. The third kappa shape index (κ3) is 9.86. The minimum absolute atomic E-state index is 0.000101. The van der Waals surface area contributed by atoms with Gasteiger partial charge in [-0.1, -0.05) is 106 Å². The molecular formula is C47H36BrF4NO3S. The lowest BCUT2D eigenvalue weighted by molar-refractivity contribution is -0.122. The summed E-state index contributed by atoms with van der Waals surface area (Å²) in [5.74, 6) is 3.04. The molecule has 0 amide bonds. The number of Topliss-reactive ketones (excluding diaryl/α,β-unsaturated/α-hetero) is 1. The van der Waals surface area contributed by atoms with Crippen molar-refractivity contribution in [3.63, 3.8) is 0 Å². The smallest absolute Gasteiger partial charge is 0.241 e. The second-order valence-electron chi connectivity index (χ2n) is 13.6. The zero-order valence-corrected chi connectivity index (χ0v) is 33.2. The second-order valence-corrected chi connectivity index (χ2v) is 16.3. The van der Waals surface area contributed by atoms with E-state index < -0.39 is 50.7 Å². The molecule has 0 spiro atoms. The van der Waals surface area contributed by atoms with Crippen molar-refractivity contribution in [3.05, 3.63) is 213 Å². The van der Waals surface area contributed by atoms with Crippen LogP contribution < -0.4 is 4.72 Å². The molecule has 0 aliphatic carbocycles. The number of ketones is 1. The second kappa shape index (κ2) is 17.7. The molecule has 2 atom stereocenters. The quantitative estimate of drug-likeness (QED) is 0.0985. The maximum absolute atomic E-state index is 14.6. The van der Waals surface area contributed by atoms with Gasteiger partial charge in [0.05, 0.1) is 16.4 Å². The summed E-state index contributed by atoms with van der Waals surface area (Å²) in [7, 11) is -4.22. The molecule has 0 saturated carbocycles. The van der Waals surface area contributed by atoms with Crippen molar-refractivity contribution in [2.75, 3.05) is 0 Å². The van der Waals surface area contributed by atoms with Crippen LogP contribution in [0.25, 0.3) is 5.57 Å². The fourth-order valence-corrected chi connectivity index (χ4v) is 8.25. The normalized spacial score (nSPS) is 12.5. The molecule has 0 radical (unpaired) electrons. The Hall–Kier alpha value is -5.60. The topological polar surface area (TPSA) is 63.2 Å². The molecule has 4 nitrogen and oxygen atoms in total. The van der Waals surface area contributed by atoms with Gasteiger partial charge >= 0.3 is 0 Å². The van der Waals surface area contributed by atoms with Crippen LogP contribution in [0.1, 0.15) is 52.8 Å². The zero-order valence-electron chi connectivity index (χ0n) is 30.8. The van der Waals surface area contributed by atoms with Crippen molar-refractivity contribution in [1.29, 1.82) is 0 Å². The highest BCUT2D eigenvalue weighted by atomic mass is 79.9. The summed E-state index contributed by atoms with van der Waals surface area (Å²) < 4.78 is 88.9. The molecule has 57 heavy (non-hydrogen) atoms. The van der Waals surface area contributed by atoms with Gasteiger partial charge in [-0.15, -0.1) is 0 Å². The molecule has 1 N–H and O–H groups in total. The van der Waals surface area contributed by atoms with E-state index in [9.17, 15) is 30.8 Å². The van der Waals surface area contributed by atoms with E-state index in [0.717, 1.165) is 10.0 Å². The Bertz CT molecular complexity index is 2450. The van der Waals surface area contributed by atoms with Crippen LogP contribution in [-0.2, 0) is 20.2 Å². The average molecular weight is 851 g/mol. The van der Waals surface area contributed by atoms with E-state index in [1.54, 1.807) is 66.7 Å². The first kappa shape index (κ1) is 41.0. The van der Waals surface area contributed by atoms with Crippen LogP contribution in [0.5, 0.6) is 0 Å². The molecule has 0 saturated heterocycles. The zero-order chi connectivity index (χ0) is 40.7. The summed E-state index contributed by atoms with van der Waals surface area (Å²) in [6.07, 6.45) is 1.43. The maximum atomic E-state index is 14.6. The van der Waals surface area contributed by atoms with Crippen LogP contribution in [0.15, 0.2) is 161 Å². The van der Waals surface area contributed by atoms with Gasteiger partial charge in [0.15, 0.2) is 0 Å². The number of aryl methyl sites for hydroxylation is 1. The van der Waals surface area contributed by atoms with E-state index in [1.807, 2.05) is 6.92 Å². The molecule has 10 heteroatoms. The molecule has 0 aromatic heterocycles. The van der Waals surface area contributed by atoms with Crippen LogP contribution in [-0.4, -0.2) is 14.2 Å². The molecule has 0 aliphatic heterocycles. The summed E-state index contributed by atoms with van der Waals surface area (Å²) in [6.45, 7) is 3.20. The van der Waals surface area contributed by atoms with Gasteiger partial charge < -0.3 is 0 Å². The van der Waals surface area contributed by atoms with Crippen LogP contribution in [0, 0.1) is 48.0 Å². The third-order valence-corrected chi connectivity index (χ3v) is 11.8. The Morgan fingerprint density at radius 3 is 1.56 bits per heavy atom. The predicted octanol–water partition coefficient (Wildman–Crippen LogP) is 11.1. The highest BCUT2D eigenvalue weighted by Crippen LogP contribution is 2.43. The fourth-order valence-electron chi connectivity index (χ4n) is 6.72. The van der Waals surface area contributed by atoms with Gasteiger partial charge in [-0.05, 0) is 133 Å². The number of nitrogens with one attached hydrogen (secondary N) is 1. The number of benzene rings is 6. The summed E-state index contributed by atoms with van der Waals surface area (Å²) in [5, 5.41) is 0. The van der Waals surface area contributed by atoms with Crippen LogP contribution in [0.2, 0.25) is 0 Å². The van der Waals surface area contributed by atoms with Crippen LogP contribution in [0.4, 0.5) is 17.6 Å².